The lowest BCUT2D eigenvalue weighted by molar-refractivity contribution is -0.133. The van der Waals surface area contributed by atoms with Crippen LogP contribution in [0, 0.1) is 17.5 Å². The molecule has 1 atom stereocenters. The van der Waals surface area contributed by atoms with Gasteiger partial charge in [0.25, 0.3) is 0 Å². The monoisotopic (exact) mass is 338 g/mol. The third-order valence-corrected chi connectivity index (χ3v) is 4.09. The van der Waals surface area contributed by atoms with E-state index in [2.05, 4.69) is 4.98 Å². The molecule has 1 aromatic carbocycles. The first-order valence-corrected chi connectivity index (χ1v) is 7.61. The van der Waals surface area contributed by atoms with Gasteiger partial charge in [0.05, 0.1) is 6.67 Å². The summed E-state index contributed by atoms with van der Waals surface area (Å²) in [4.78, 5) is 18.2. The van der Waals surface area contributed by atoms with E-state index in [1.165, 1.54) is 0 Å². The number of fused-ring (bicyclic) bond motifs is 1. The molecule has 8 heteroatoms. The van der Waals surface area contributed by atoms with Gasteiger partial charge in [-0.25, -0.2) is 18.2 Å². The molecule has 128 valence electrons. The van der Waals surface area contributed by atoms with Crippen molar-refractivity contribution in [1.82, 2.24) is 14.5 Å². The molecular weight excluding hydrogens is 321 g/mol. The summed E-state index contributed by atoms with van der Waals surface area (Å²) in [6.45, 7) is 0.947. The zero-order chi connectivity index (χ0) is 17.3. The molecule has 0 saturated carbocycles. The third-order valence-electron chi connectivity index (χ3n) is 4.09. The second kappa shape index (κ2) is 6.64. The van der Waals surface area contributed by atoms with E-state index in [1.54, 1.807) is 17.3 Å². The summed E-state index contributed by atoms with van der Waals surface area (Å²) in [6.07, 6.45) is 4.10. The fourth-order valence-corrected chi connectivity index (χ4v) is 2.82. The Hall–Kier alpha value is -2.35. The SMILES string of the molecule is N[C@@H](CC(=O)N1CCc2nccn2C1)Cc1cc(F)c(F)cc1F. The quantitative estimate of drug-likeness (QED) is 0.862. The fraction of sp³-hybridized carbons (Fsp3) is 0.375. The van der Waals surface area contributed by atoms with Crippen molar-refractivity contribution >= 4 is 5.91 Å². The predicted octanol–water partition coefficient (Wildman–Crippen LogP) is 1.60. The van der Waals surface area contributed by atoms with Crippen LogP contribution in [0.5, 0.6) is 0 Å². The van der Waals surface area contributed by atoms with Gasteiger partial charge in [-0.2, -0.15) is 0 Å². The summed E-state index contributed by atoms with van der Waals surface area (Å²) < 4.78 is 41.7. The average Bonchev–Trinajstić information content (AvgIpc) is 3.00. The van der Waals surface area contributed by atoms with Gasteiger partial charge in [0.1, 0.15) is 11.6 Å². The first-order valence-electron chi connectivity index (χ1n) is 7.61. The fourth-order valence-electron chi connectivity index (χ4n) is 2.82. The zero-order valence-corrected chi connectivity index (χ0v) is 12.9. The van der Waals surface area contributed by atoms with Crippen LogP contribution < -0.4 is 5.73 Å². The minimum absolute atomic E-state index is 0.00245. The lowest BCUT2D eigenvalue weighted by Gasteiger charge is -2.29. The molecule has 3 rings (SSSR count). The lowest BCUT2D eigenvalue weighted by Crippen LogP contribution is -2.41. The standard InChI is InChI=1S/C16H17F3N4O/c17-12-8-14(19)13(18)6-10(12)5-11(20)7-16(24)23-3-1-15-21-2-4-22(15)9-23/h2,4,6,8,11H,1,3,5,7,9,20H2/t11-/m1/s1. The maximum absolute atomic E-state index is 13.6. The molecule has 0 aliphatic carbocycles. The van der Waals surface area contributed by atoms with Crippen molar-refractivity contribution < 1.29 is 18.0 Å². The van der Waals surface area contributed by atoms with Gasteiger partial charge in [-0.3, -0.25) is 4.79 Å². The molecule has 2 aromatic rings. The molecule has 1 aliphatic rings. The molecule has 5 nitrogen and oxygen atoms in total. The Bertz CT molecular complexity index is 762. The number of hydrogen-bond acceptors (Lipinski definition) is 3. The van der Waals surface area contributed by atoms with Gasteiger partial charge >= 0.3 is 0 Å². The Morgan fingerprint density at radius 3 is 2.79 bits per heavy atom. The third kappa shape index (κ3) is 3.43. The number of imidazole rings is 1. The molecule has 0 unspecified atom stereocenters. The topological polar surface area (TPSA) is 64.2 Å². The van der Waals surface area contributed by atoms with Gasteiger partial charge in [-0.05, 0) is 18.1 Å². The van der Waals surface area contributed by atoms with Crippen molar-refractivity contribution in [1.29, 1.82) is 0 Å². The molecule has 2 heterocycles. The number of carbonyl (C=O) groups is 1. The van der Waals surface area contributed by atoms with E-state index in [-0.39, 0.29) is 24.3 Å². The summed E-state index contributed by atoms with van der Waals surface area (Å²) in [5.74, 6) is -2.48. The average molecular weight is 338 g/mol. The highest BCUT2D eigenvalue weighted by molar-refractivity contribution is 5.76. The zero-order valence-electron chi connectivity index (χ0n) is 12.9. The smallest absolute Gasteiger partial charge is 0.225 e. The van der Waals surface area contributed by atoms with Crippen LogP contribution in [-0.2, 0) is 24.3 Å². The van der Waals surface area contributed by atoms with Crippen LogP contribution in [0.4, 0.5) is 13.2 Å². The molecular formula is C16H17F3N4O. The predicted molar refractivity (Wildman–Crippen MR) is 80.3 cm³/mol. The molecule has 0 radical (unpaired) electrons. The maximum Gasteiger partial charge on any atom is 0.225 e. The number of nitrogens with zero attached hydrogens (tertiary/aromatic N) is 3. The van der Waals surface area contributed by atoms with Crippen LogP contribution in [0.15, 0.2) is 24.5 Å². The van der Waals surface area contributed by atoms with Crippen LogP contribution in [-0.4, -0.2) is 32.9 Å². The Labute approximate surface area is 136 Å². The number of rotatable bonds is 4. The van der Waals surface area contributed by atoms with Gasteiger partial charge in [0.2, 0.25) is 5.91 Å². The summed E-state index contributed by atoms with van der Waals surface area (Å²) >= 11 is 0. The highest BCUT2D eigenvalue weighted by Crippen LogP contribution is 2.17. The maximum atomic E-state index is 13.6. The van der Waals surface area contributed by atoms with Crippen LogP contribution in [0.2, 0.25) is 0 Å². The molecule has 0 saturated heterocycles. The van der Waals surface area contributed by atoms with E-state index < -0.39 is 23.5 Å². The van der Waals surface area contributed by atoms with Gasteiger partial charge in [-0.1, -0.05) is 0 Å². The molecule has 1 amide bonds. The van der Waals surface area contributed by atoms with Crippen molar-refractivity contribution in [2.24, 2.45) is 5.73 Å². The van der Waals surface area contributed by atoms with E-state index in [0.29, 0.717) is 25.7 Å². The Kier molecular flexibility index (Phi) is 4.57. The summed E-state index contributed by atoms with van der Waals surface area (Å²) in [5, 5.41) is 0. The highest BCUT2D eigenvalue weighted by atomic mass is 19.2. The van der Waals surface area contributed by atoms with Gasteiger partial charge in [-0.15, -0.1) is 0 Å². The minimum Gasteiger partial charge on any atom is -0.327 e. The number of hydrogen-bond donors (Lipinski definition) is 1. The number of carbonyl (C=O) groups excluding carboxylic acids is 1. The first kappa shape index (κ1) is 16.5. The van der Waals surface area contributed by atoms with Gasteiger partial charge < -0.3 is 15.2 Å². The molecule has 24 heavy (non-hydrogen) atoms. The van der Waals surface area contributed by atoms with Crippen molar-refractivity contribution in [2.45, 2.75) is 32.0 Å². The van der Waals surface area contributed by atoms with Crippen LogP contribution >= 0.6 is 0 Å². The van der Waals surface area contributed by atoms with Crippen LogP contribution in [0.1, 0.15) is 17.8 Å². The van der Waals surface area contributed by atoms with Crippen LogP contribution in [0.3, 0.4) is 0 Å². The second-order valence-corrected chi connectivity index (χ2v) is 5.89. The molecule has 0 spiro atoms. The van der Waals surface area contributed by atoms with Crippen LogP contribution in [0.25, 0.3) is 0 Å². The summed E-state index contributed by atoms with van der Waals surface area (Å²) in [5.41, 5.74) is 5.86. The largest absolute Gasteiger partial charge is 0.327 e. The Morgan fingerprint density at radius 1 is 1.25 bits per heavy atom. The van der Waals surface area contributed by atoms with Gasteiger partial charge in [0, 0.05) is 43.9 Å². The number of halogens is 3. The summed E-state index contributed by atoms with van der Waals surface area (Å²) in [7, 11) is 0. The highest BCUT2D eigenvalue weighted by Gasteiger charge is 2.23. The number of benzene rings is 1. The number of aromatic nitrogens is 2. The number of nitrogens with two attached hydrogens (primary N) is 1. The van der Waals surface area contributed by atoms with E-state index in [9.17, 15) is 18.0 Å². The van der Waals surface area contributed by atoms with Crippen molar-refractivity contribution in [3.05, 3.63) is 53.4 Å². The lowest BCUT2D eigenvalue weighted by atomic mass is 10.0. The minimum atomic E-state index is -1.25. The van der Waals surface area contributed by atoms with Crippen molar-refractivity contribution in [3.63, 3.8) is 0 Å². The molecule has 0 bridgehead atoms. The van der Waals surface area contributed by atoms with E-state index in [1.807, 2.05) is 4.57 Å². The van der Waals surface area contributed by atoms with E-state index in [0.717, 1.165) is 11.9 Å². The molecule has 0 fully saturated rings. The molecule has 1 aromatic heterocycles. The number of amides is 1. The molecule has 2 N–H and O–H groups in total. The van der Waals surface area contributed by atoms with E-state index >= 15 is 0 Å². The van der Waals surface area contributed by atoms with Gasteiger partial charge in [0.15, 0.2) is 11.6 Å². The second-order valence-electron chi connectivity index (χ2n) is 5.89. The van der Waals surface area contributed by atoms with Crippen molar-refractivity contribution in [2.75, 3.05) is 6.54 Å². The van der Waals surface area contributed by atoms with Crippen molar-refractivity contribution in [3.8, 4) is 0 Å². The van der Waals surface area contributed by atoms with E-state index in [4.69, 9.17) is 5.73 Å². The Morgan fingerprint density at radius 2 is 2.00 bits per heavy atom. The molecule has 1 aliphatic heterocycles. The Balaban J connectivity index is 1.60. The normalized spacial score (nSPS) is 15.2. The first-order chi connectivity index (χ1) is 11.4. The summed E-state index contributed by atoms with van der Waals surface area (Å²) in [6, 6.07) is 0.596.